The molecule has 0 bridgehead atoms. The quantitative estimate of drug-likeness (QED) is 0.640. The minimum atomic E-state index is -0.454. The van der Waals surface area contributed by atoms with E-state index < -0.39 is 6.09 Å². The number of carbonyl (C=O) groups is 1. The molecule has 0 saturated heterocycles. The minimum Gasteiger partial charge on any atom is -0.497 e. The number of hydrogen-bond acceptors (Lipinski definition) is 4. The van der Waals surface area contributed by atoms with Crippen LogP contribution in [0.2, 0.25) is 0 Å². The summed E-state index contributed by atoms with van der Waals surface area (Å²) in [7, 11) is 1.68. The number of anilines is 2. The minimum absolute atomic E-state index is 0.338. The topological polar surface area (TPSA) is 78.5 Å². The van der Waals surface area contributed by atoms with Gasteiger partial charge in [0.1, 0.15) is 5.75 Å². The number of hydrogen-bond donors (Lipinski definition) is 2. The van der Waals surface area contributed by atoms with Gasteiger partial charge in [-0.25, -0.2) is 4.79 Å². The van der Waals surface area contributed by atoms with Crippen LogP contribution in [0.1, 0.15) is 19.8 Å². The molecule has 6 nitrogen and oxygen atoms in total. The van der Waals surface area contributed by atoms with Crippen LogP contribution in [0.3, 0.4) is 0 Å². The lowest BCUT2D eigenvalue weighted by Crippen LogP contribution is -2.13. The van der Waals surface area contributed by atoms with E-state index in [0.29, 0.717) is 18.2 Å². The molecule has 1 aromatic heterocycles. The predicted molar refractivity (Wildman–Crippen MR) is 112 cm³/mol. The van der Waals surface area contributed by atoms with Crippen LogP contribution in [0, 0.1) is 5.92 Å². The predicted octanol–water partition coefficient (Wildman–Crippen LogP) is 4.88. The standard InChI is InChI=1S/C22H25N3O3/c1-3-28-22(26)24-16-8-6-15(7-9-16)21-20(23)18-11-10-17(27-2)12-19(18)25(21)13-14-4-5-14/h6-12,14H,3-5,13,23H2,1-2H3,(H,24,26). The first-order valence-electron chi connectivity index (χ1n) is 9.60. The first kappa shape index (κ1) is 18.2. The Kier molecular flexibility index (Phi) is 4.86. The molecule has 0 spiro atoms. The zero-order chi connectivity index (χ0) is 19.7. The van der Waals surface area contributed by atoms with Gasteiger partial charge in [-0.3, -0.25) is 5.32 Å². The van der Waals surface area contributed by atoms with E-state index in [1.165, 1.54) is 12.8 Å². The van der Waals surface area contributed by atoms with Crippen molar-refractivity contribution in [2.45, 2.75) is 26.3 Å². The average Bonchev–Trinajstić information content (AvgIpc) is 3.48. The molecule has 1 amide bonds. The summed E-state index contributed by atoms with van der Waals surface area (Å²) in [5.74, 6) is 1.52. The number of carbonyl (C=O) groups excluding carboxylic acids is 1. The number of methoxy groups -OCH3 is 1. The van der Waals surface area contributed by atoms with Crippen LogP contribution in [0.5, 0.6) is 5.75 Å². The number of benzene rings is 2. The van der Waals surface area contributed by atoms with Gasteiger partial charge in [0.2, 0.25) is 0 Å². The summed E-state index contributed by atoms with van der Waals surface area (Å²) >= 11 is 0. The summed E-state index contributed by atoms with van der Waals surface area (Å²) in [5.41, 5.74) is 11.1. The molecular weight excluding hydrogens is 354 g/mol. The number of aromatic nitrogens is 1. The SMILES string of the molecule is CCOC(=O)Nc1ccc(-c2c(N)c3ccc(OC)cc3n2CC2CC2)cc1. The third kappa shape index (κ3) is 3.50. The van der Waals surface area contributed by atoms with Crippen molar-refractivity contribution >= 4 is 28.4 Å². The molecule has 1 saturated carbocycles. The maximum Gasteiger partial charge on any atom is 0.411 e. The lowest BCUT2D eigenvalue weighted by atomic mass is 10.1. The van der Waals surface area contributed by atoms with Crippen molar-refractivity contribution in [3.8, 4) is 17.0 Å². The highest BCUT2D eigenvalue weighted by Crippen LogP contribution is 2.41. The summed E-state index contributed by atoms with van der Waals surface area (Å²) in [5, 5.41) is 3.75. The summed E-state index contributed by atoms with van der Waals surface area (Å²) in [6.45, 7) is 3.06. The van der Waals surface area contributed by atoms with Crippen molar-refractivity contribution in [1.29, 1.82) is 0 Å². The van der Waals surface area contributed by atoms with Gasteiger partial charge in [-0.2, -0.15) is 0 Å². The number of ether oxygens (including phenoxy) is 2. The van der Waals surface area contributed by atoms with Crippen molar-refractivity contribution in [3.63, 3.8) is 0 Å². The number of nitrogens with zero attached hydrogens (tertiary/aromatic N) is 1. The highest BCUT2D eigenvalue weighted by atomic mass is 16.5. The third-order valence-electron chi connectivity index (χ3n) is 5.13. The van der Waals surface area contributed by atoms with E-state index in [2.05, 4.69) is 9.88 Å². The van der Waals surface area contributed by atoms with Gasteiger partial charge in [-0.15, -0.1) is 0 Å². The Labute approximate surface area is 164 Å². The Morgan fingerprint density at radius 2 is 1.96 bits per heavy atom. The molecule has 146 valence electrons. The maximum atomic E-state index is 11.6. The number of rotatable bonds is 6. The maximum absolute atomic E-state index is 11.6. The van der Waals surface area contributed by atoms with Crippen LogP contribution in [0.15, 0.2) is 42.5 Å². The fraction of sp³-hybridized carbons (Fsp3) is 0.318. The Morgan fingerprint density at radius 1 is 1.21 bits per heavy atom. The van der Waals surface area contributed by atoms with E-state index in [-0.39, 0.29) is 0 Å². The first-order valence-corrected chi connectivity index (χ1v) is 9.60. The van der Waals surface area contributed by atoms with Crippen molar-refractivity contribution in [2.75, 3.05) is 24.8 Å². The monoisotopic (exact) mass is 379 g/mol. The molecule has 0 unspecified atom stereocenters. The largest absolute Gasteiger partial charge is 0.497 e. The van der Waals surface area contributed by atoms with Gasteiger partial charge >= 0.3 is 6.09 Å². The van der Waals surface area contributed by atoms with Crippen LogP contribution >= 0.6 is 0 Å². The van der Waals surface area contributed by atoms with Crippen molar-refractivity contribution in [1.82, 2.24) is 4.57 Å². The van der Waals surface area contributed by atoms with E-state index >= 15 is 0 Å². The molecule has 1 heterocycles. The van der Waals surface area contributed by atoms with Crippen molar-refractivity contribution < 1.29 is 14.3 Å². The van der Waals surface area contributed by atoms with E-state index in [1.807, 2.05) is 42.5 Å². The molecule has 2 aromatic carbocycles. The summed E-state index contributed by atoms with van der Waals surface area (Å²) in [6, 6.07) is 13.7. The van der Waals surface area contributed by atoms with Crippen LogP contribution in [0.4, 0.5) is 16.2 Å². The van der Waals surface area contributed by atoms with Crippen molar-refractivity contribution in [3.05, 3.63) is 42.5 Å². The molecule has 1 aliphatic carbocycles. The lowest BCUT2D eigenvalue weighted by Gasteiger charge is -2.12. The molecule has 6 heteroatoms. The first-order chi connectivity index (χ1) is 13.6. The van der Waals surface area contributed by atoms with Gasteiger partial charge in [0.05, 0.1) is 30.6 Å². The van der Waals surface area contributed by atoms with Gasteiger partial charge < -0.3 is 19.8 Å². The van der Waals surface area contributed by atoms with Crippen LogP contribution < -0.4 is 15.8 Å². The fourth-order valence-corrected chi connectivity index (χ4v) is 3.54. The number of nitrogens with two attached hydrogens (primary N) is 1. The normalized spacial score (nSPS) is 13.5. The van der Waals surface area contributed by atoms with Crippen molar-refractivity contribution in [2.24, 2.45) is 5.92 Å². The second-order valence-corrected chi connectivity index (χ2v) is 7.12. The zero-order valence-electron chi connectivity index (χ0n) is 16.2. The van der Waals surface area contributed by atoms with Gasteiger partial charge in [0, 0.05) is 29.2 Å². The molecule has 0 atom stereocenters. The Hall–Kier alpha value is -3.15. The van der Waals surface area contributed by atoms with Crippen LogP contribution in [-0.2, 0) is 11.3 Å². The molecule has 4 rings (SSSR count). The number of nitrogen functional groups attached to an aromatic ring is 1. The van der Waals surface area contributed by atoms with E-state index in [1.54, 1.807) is 14.0 Å². The zero-order valence-corrected chi connectivity index (χ0v) is 16.2. The van der Waals surface area contributed by atoms with Crippen LogP contribution in [-0.4, -0.2) is 24.4 Å². The third-order valence-corrected chi connectivity index (χ3v) is 5.13. The molecule has 1 aliphatic rings. The lowest BCUT2D eigenvalue weighted by molar-refractivity contribution is 0.168. The van der Waals surface area contributed by atoms with E-state index in [0.717, 1.165) is 40.1 Å². The summed E-state index contributed by atoms with van der Waals surface area (Å²) in [6.07, 6.45) is 2.06. The van der Waals surface area contributed by atoms with Gasteiger partial charge in [-0.1, -0.05) is 12.1 Å². The Morgan fingerprint density at radius 3 is 2.61 bits per heavy atom. The van der Waals surface area contributed by atoms with Gasteiger partial charge in [-0.05, 0) is 49.9 Å². The molecule has 28 heavy (non-hydrogen) atoms. The Bertz CT molecular complexity index is 1000. The number of nitrogens with one attached hydrogen (secondary N) is 1. The Balaban J connectivity index is 1.74. The molecule has 0 aliphatic heterocycles. The highest BCUT2D eigenvalue weighted by Gasteiger charge is 2.26. The second-order valence-electron chi connectivity index (χ2n) is 7.12. The molecule has 1 fully saturated rings. The summed E-state index contributed by atoms with van der Waals surface area (Å²) in [4.78, 5) is 11.6. The highest BCUT2D eigenvalue weighted by molar-refractivity contribution is 6.01. The van der Waals surface area contributed by atoms with Gasteiger partial charge in [0.25, 0.3) is 0 Å². The number of amides is 1. The van der Waals surface area contributed by atoms with E-state index in [9.17, 15) is 4.79 Å². The second kappa shape index (κ2) is 7.46. The average molecular weight is 379 g/mol. The fourth-order valence-electron chi connectivity index (χ4n) is 3.54. The molecule has 3 aromatic rings. The van der Waals surface area contributed by atoms with Crippen LogP contribution in [0.25, 0.3) is 22.2 Å². The molecular formula is C22H25N3O3. The molecule has 3 N–H and O–H groups in total. The summed E-state index contributed by atoms with van der Waals surface area (Å²) < 4.78 is 12.6. The van der Waals surface area contributed by atoms with E-state index in [4.69, 9.17) is 15.2 Å². The smallest absolute Gasteiger partial charge is 0.411 e. The van der Waals surface area contributed by atoms with Gasteiger partial charge in [0.15, 0.2) is 0 Å². The number of fused-ring (bicyclic) bond motifs is 1. The molecule has 0 radical (unpaired) electrons.